The van der Waals surface area contributed by atoms with Crippen LogP contribution in [-0.4, -0.2) is 24.4 Å². The maximum Gasteiger partial charge on any atom is 0.122 e. The molecule has 0 amide bonds. The third-order valence-electron chi connectivity index (χ3n) is 3.98. The predicted octanol–water partition coefficient (Wildman–Crippen LogP) is 2.28. The first kappa shape index (κ1) is 12.0. The van der Waals surface area contributed by atoms with Gasteiger partial charge < -0.3 is 15.2 Å². The molecule has 3 unspecified atom stereocenters. The smallest absolute Gasteiger partial charge is 0.122 e. The van der Waals surface area contributed by atoms with E-state index in [2.05, 4.69) is 13.0 Å². The second-order valence-corrected chi connectivity index (χ2v) is 5.79. The van der Waals surface area contributed by atoms with Gasteiger partial charge in [0.2, 0.25) is 0 Å². The third kappa shape index (κ3) is 2.38. The van der Waals surface area contributed by atoms with E-state index in [0.717, 1.165) is 31.4 Å². The minimum atomic E-state index is -0.275. The van der Waals surface area contributed by atoms with Gasteiger partial charge in [-0.05, 0) is 44.2 Å². The van der Waals surface area contributed by atoms with Gasteiger partial charge in [-0.1, -0.05) is 18.2 Å². The molecule has 0 bridgehead atoms. The standard InChI is InChI=1S/C15H21NO2/c1-11-6-7-13(18-11)9-15(16)8-12-4-2-3-5-14(12)17-10-15/h2-5,11,13H,6-10,16H2,1H3. The van der Waals surface area contributed by atoms with Crippen LogP contribution in [0.5, 0.6) is 5.75 Å². The van der Waals surface area contributed by atoms with E-state index in [9.17, 15) is 0 Å². The highest BCUT2D eigenvalue weighted by atomic mass is 16.5. The van der Waals surface area contributed by atoms with Crippen molar-refractivity contribution in [2.75, 3.05) is 6.61 Å². The van der Waals surface area contributed by atoms with Gasteiger partial charge >= 0.3 is 0 Å². The summed E-state index contributed by atoms with van der Waals surface area (Å²) < 4.78 is 11.7. The van der Waals surface area contributed by atoms with Gasteiger partial charge in [-0.25, -0.2) is 0 Å². The molecule has 3 rings (SSSR count). The summed E-state index contributed by atoms with van der Waals surface area (Å²) >= 11 is 0. The lowest BCUT2D eigenvalue weighted by Gasteiger charge is -2.36. The quantitative estimate of drug-likeness (QED) is 0.872. The van der Waals surface area contributed by atoms with Crippen LogP contribution < -0.4 is 10.5 Å². The highest BCUT2D eigenvalue weighted by molar-refractivity contribution is 5.37. The molecule has 3 atom stereocenters. The summed E-state index contributed by atoms with van der Waals surface area (Å²) in [4.78, 5) is 0. The van der Waals surface area contributed by atoms with Gasteiger partial charge in [0.1, 0.15) is 12.4 Å². The molecule has 1 aromatic carbocycles. The first-order valence-corrected chi connectivity index (χ1v) is 6.80. The highest BCUT2D eigenvalue weighted by Gasteiger charge is 2.36. The summed E-state index contributed by atoms with van der Waals surface area (Å²) in [5.74, 6) is 0.985. The molecule has 0 aromatic heterocycles. The van der Waals surface area contributed by atoms with Crippen LogP contribution in [0.3, 0.4) is 0 Å². The van der Waals surface area contributed by atoms with Gasteiger partial charge in [-0.15, -0.1) is 0 Å². The molecule has 2 heterocycles. The van der Waals surface area contributed by atoms with E-state index < -0.39 is 0 Å². The minimum Gasteiger partial charge on any atom is -0.491 e. The first-order valence-electron chi connectivity index (χ1n) is 6.80. The summed E-state index contributed by atoms with van der Waals surface area (Å²) in [6.07, 6.45) is 4.75. The normalized spacial score (nSPS) is 35.0. The van der Waals surface area contributed by atoms with E-state index in [-0.39, 0.29) is 5.54 Å². The van der Waals surface area contributed by atoms with Crippen molar-refractivity contribution < 1.29 is 9.47 Å². The van der Waals surface area contributed by atoms with Gasteiger partial charge in [0.25, 0.3) is 0 Å². The number of hydrogen-bond acceptors (Lipinski definition) is 3. The van der Waals surface area contributed by atoms with Gasteiger partial charge in [-0.3, -0.25) is 0 Å². The highest BCUT2D eigenvalue weighted by Crippen LogP contribution is 2.33. The average Bonchev–Trinajstić information content (AvgIpc) is 2.74. The van der Waals surface area contributed by atoms with Crippen LogP contribution >= 0.6 is 0 Å². The van der Waals surface area contributed by atoms with E-state index in [0.29, 0.717) is 18.8 Å². The van der Waals surface area contributed by atoms with Crippen molar-refractivity contribution in [2.24, 2.45) is 5.73 Å². The average molecular weight is 247 g/mol. The molecule has 98 valence electrons. The molecular weight excluding hydrogens is 226 g/mol. The van der Waals surface area contributed by atoms with Crippen molar-refractivity contribution in [1.82, 2.24) is 0 Å². The lowest BCUT2D eigenvalue weighted by Crippen LogP contribution is -2.52. The van der Waals surface area contributed by atoms with E-state index in [1.165, 1.54) is 5.56 Å². The fraction of sp³-hybridized carbons (Fsp3) is 0.600. The minimum absolute atomic E-state index is 0.275. The number of benzene rings is 1. The van der Waals surface area contributed by atoms with Crippen molar-refractivity contribution in [3.63, 3.8) is 0 Å². The number of rotatable bonds is 2. The molecule has 3 nitrogen and oxygen atoms in total. The molecule has 1 aromatic rings. The van der Waals surface area contributed by atoms with Gasteiger partial charge in [0.15, 0.2) is 0 Å². The lowest BCUT2D eigenvalue weighted by molar-refractivity contribution is 0.0267. The van der Waals surface area contributed by atoms with E-state index >= 15 is 0 Å². The summed E-state index contributed by atoms with van der Waals surface area (Å²) in [6, 6.07) is 8.17. The fourth-order valence-corrected chi connectivity index (χ4v) is 3.06. The van der Waals surface area contributed by atoms with Crippen LogP contribution in [0.15, 0.2) is 24.3 Å². The van der Waals surface area contributed by atoms with Crippen LogP contribution in [0.25, 0.3) is 0 Å². The molecule has 18 heavy (non-hydrogen) atoms. The Hall–Kier alpha value is -1.06. The van der Waals surface area contributed by atoms with Crippen molar-refractivity contribution in [3.05, 3.63) is 29.8 Å². The molecule has 2 N–H and O–H groups in total. The molecular formula is C15H21NO2. The largest absolute Gasteiger partial charge is 0.491 e. The molecule has 3 heteroatoms. The molecule has 2 aliphatic rings. The Morgan fingerprint density at radius 3 is 2.94 bits per heavy atom. The monoisotopic (exact) mass is 247 g/mol. The molecule has 0 radical (unpaired) electrons. The Bertz CT molecular complexity index is 434. The number of para-hydroxylation sites is 1. The molecule has 1 fully saturated rings. The second kappa shape index (κ2) is 4.56. The Labute approximate surface area is 108 Å². The van der Waals surface area contributed by atoms with E-state index in [4.69, 9.17) is 15.2 Å². The van der Waals surface area contributed by atoms with Crippen LogP contribution in [-0.2, 0) is 11.2 Å². The van der Waals surface area contributed by atoms with Gasteiger partial charge in [0, 0.05) is 0 Å². The summed E-state index contributed by atoms with van der Waals surface area (Å²) in [7, 11) is 0. The van der Waals surface area contributed by atoms with Crippen LogP contribution in [0.2, 0.25) is 0 Å². The van der Waals surface area contributed by atoms with Gasteiger partial charge in [0.05, 0.1) is 17.7 Å². The van der Waals surface area contributed by atoms with E-state index in [1.54, 1.807) is 0 Å². The summed E-state index contributed by atoms with van der Waals surface area (Å²) in [5, 5.41) is 0. The first-order chi connectivity index (χ1) is 8.65. The zero-order valence-electron chi connectivity index (χ0n) is 10.9. The predicted molar refractivity (Wildman–Crippen MR) is 70.7 cm³/mol. The maximum atomic E-state index is 6.49. The van der Waals surface area contributed by atoms with Crippen LogP contribution in [0, 0.1) is 0 Å². The summed E-state index contributed by atoms with van der Waals surface area (Å²) in [5.41, 5.74) is 7.44. The SMILES string of the molecule is CC1CCC(CC2(N)COc3ccccc3C2)O1. The number of nitrogens with two attached hydrogens (primary N) is 1. The zero-order valence-corrected chi connectivity index (χ0v) is 10.9. The van der Waals surface area contributed by atoms with Crippen molar-refractivity contribution in [3.8, 4) is 5.75 Å². The topological polar surface area (TPSA) is 44.5 Å². The molecule has 0 aliphatic carbocycles. The van der Waals surface area contributed by atoms with Gasteiger partial charge in [-0.2, -0.15) is 0 Å². The Morgan fingerprint density at radius 1 is 1.33 bits per heavy atom. The number of fused-ring (bicyclic) bond motifs is 1. The molecule has 0 saturated carbocycles. The third-order valence-corrected chi connectivity index (χ3v) is 3.98. The van der Waals surface area contributed by atoms with E-state index in [1.807, 2.05) is 18.2 Å². The Balaban J connectivity index is 1.69. The second-order valence-electron chi connectivity index (χ2n) is 5.79. The number of hydrogen-bond donors (Lipinski definition) is 1. The van der Waals surface area contributed by atoms with Crippen LogP contribution in [0.1, 0.15) is 31.7 Å². The maximum absolute atomic E-state index is 6.49. The fourth-order valence-electron chi connectivity index (χ4n) is 3.06. The number of ether oxygens (including phenoxy) is 2. The van der Waals surface area contributed by atoms with Crippen molar-refractivity contribution in [2.45, 2.75) is 50.4 Å². The van der Waals surface area contributed by atoms with Crippen molar-refractivity contribution >= 4 is 0 Å². The summed E-state index contributed by atoms with van der Waals surface area (Å²) in [6.45, 7) is 2.73. The van der Waals surface area contributed by atoms with Crippen LogP contribution in [0.4, 0.5) is 0 Å². The molecule has 0 spiro atoms. The lowest BCUT2D eigenvalue weighted by atomic mass is 9.84. The zero-order chi connectivity index (χ0) is 12.6. The Morgan fingerprint density at radius 2 is 2.17 bits per heavy atom. The molecule has 2 aliphatic heterocycles. The van der Waals surface area contributed by atoms with Crippen molar-refractivity contribution in [1.29, 1.82) is 0 Å². The Kier molecular flexibility index (Phi) is 3.04. The molecule has 1 saturated heterocycles.